The summed E-state index contributed by atoms with van der Waals surface area (Å²) in [5, 5.41) is 0.225. The van der Waals surface area contributed by atoms with Crippen LogP contribution in [0.25, 0.3) is 22.3 Å². The van der Waals surface area contributed by atoms with Gasteiger partial charge < -0.3 is 4.74 Å². The van der Waals surface area contributed by atoms with Gasteiger partial charge in [0.25, 0.3) is 0 Å². The maximum atomic E-state index is 12.4. The first-order chi connectivity index (χ1) is 14.0. The van der Waals surface area contributed by atoms with E-state index in [4.69, 9.17) is 4.74 Å². The van der Waals surface area contributed by atoms with Gasteiger partial charge in [0.05, 0.1) is 6.61 Å². The van der Waals surface area contributed by atoms with Crippen molar-refractivity contribution >= 4 is 16.9 Å². The minimum absolute atomic E-state index is 0.225. The highest BCUT2D eigenvalue weighted by atomic mass is 32.2. The monoisotopic (exact) mass is 404 g/mol. The van der Waals surface area contributed by atoms with Gasteiger partial charge in [0, 0.05) is 22.3 Å². The SMILES string of the molecule is CCC(C)(C)C(=O)SCCOc1c(-c2ccccc2)cccc1-c1ccccc1. The van der Waals surface area contributed by atoms with Gasteiger partial charge >= 0.3 is 0 Å². The van der Waals surface area contributed by atoms with Crippen LogP contribution < -0.4 is 4.74 Å². The topological polar surface area (TPSA) is 26.3 Å². The van der Waals surface area contributed by atoms with Crippen LogP contribution in [0.4, 0.5) is 0 Å². The lowest BCUT2D eigenvalue weighted by Gasteiger charge is -2.20. The van der Waals surface area contributed by atoms with E-state index in [0.29, 0.717) is 12.4 Å². The molecular weight excluding hydrogens is 376 g/mol. The average molecular weight is 405 g/mol. The Kier molecular flexibility index (Phi) is 7.16. The number of carbonyl (C=O) groups is 1. The van der Waals surface area contributed by atoms with Crippen molar-refractivity contribution in [2.24, 2.45) is 5.41 Å². The molecule has 0 N–H and O–H groups in total. The number of carbonyl (C=O) groups excluding carboxylic acids is 1. The van der Waals surface area contributed by atoms with Crippen LogP contribution in [0.15, 0.2) is 78.9 Å². The Morgan fingerprint density at radius 3 is 1.83 bits per heavy atom. The summed E-state index contributed by atoms with van der Waals surface area (Å²) >= 11 is 1.37. The number of thioether (sulfide) groups is 1. The van der Waals surface area contributed by atoms with E-state index in [1.807, 2.05) is 50.2 Å². The minimum atomic E-state index is -0.290. The van der Waals surface area contributed by atoms with Crippen molar-refractivity contribution in [1.82, 2.24) is 0 Å². The highest BCUT2D eigenvalue weighted by Crippen LogP contribution is 2.39. The maximum absolute atomic E-state index is 12.4. The standard InChI is InChI=1S/C26H28O2S/c1-4-26(2,3)25(27)29-19-18-28-24-22(20-12-7-5-8-13-20)16-11-17-23(24)21-14-9-6-10-15-21/h5-17H,4,18-19H2,1-3H3. The highest BCUT2D eigenvalue weighted by molar-refractivity contribution is 8.13. The molecule has 0 radical (unpaired) electrons. The average Bonchev–Trinajstić information content (AvgIpc) is 2.77. The van der Waals surface area contributed by atoms with Crippen molar-refractivity contribution in [2.45, 2.75) is 27.2 Å². The van der Waals surface area contributed by atoms with E-state index in [0.717, 1.165) is 34.4 Å². The second-order valence-electron chi connectivity index (χ2n) is 7.64. The second kappa shape index (κ2) is 9.80. The van der Waals surface area contributed by atoms with Gasteiger partial charge in [0.15, 0.2) is 5.12 Å². The molecule has 2 nitrogen and oxygen atoms in total. The summed E-state index contributed by atoms with van der Waals surface area (Å²) in [5.74, 6) is 1.51. The van der Waals surface area contributed by atoms with Gasteiger partial charge in [-0.3, -0.25) is 4.79 Å². The van der Waals surface area contributed by atoms with Crippen molar-refractivity contribution in [3.05, 3.63) is 78.9 Å². The Labute approximate surface area is 178 Å². The van der Waals surface area contributed by atoms with E-state index in [1.54, 1.807) is 0 Å². The predicted molar refractivity (Wildman–Crippen MR) is 124 cm³/mol. The molecule has 0 spiro atoms. The maximum Gasteiger partial charge on any atom is 0.194 e. The van der Waals surface area contributed by atoms with Crippen LogP contribution in [0.3, 0.4) is 0 Å². The molecule has 3 heteroatoms. The second-order valence-corrected chi connectivity index (χ2v) is 8.70. The summed E-state index contributed by atoms with van der Waals surface area (Å²) in [7, 11) is 0. The van der Waals surface area contributed by atoms with Crippen LogP contribution in [0.2, 0.25) is 0 Å². The van der Waals surface area contributed by atoms with Crippen LogP contribution in [-0.4, -0.2) is 17.5 Å². The molecule has 0 aliphatic rings. The van der Waals surface area contributed by atoms with Gasteiger partial charge in [-0.25, -0.2) is 0 Å². The van der Waals surface area contributed by atoms with Gasteiger partial charge in [-0.05, 0) is 17.5 Å². The predicted octanol–water partition coefficient (Wildman–Crippen LogP) is 7.10. The molecular formula is C26H28O2S. The zero-order valence-electron chi connectivity index (χ0n) is 17.4. The number of ether oxygens (including phenoxy) is 1. The molecule has 0 aliphatic heterocycles. The Morgan fingerprint density at radius 1 is 0.828 bits per heavy atom. The fourth-order valence-electron chi connectivity index (χ4n) is 3.00. The molecule has 3 rings (SSSR count). The molecule has 3 aromatic carbocycles. The first-order valence-electron chi connectivity index (χ1n) is 10.1. The summed E-state index contributed by atoms with van der Waals surface area (Å²) in [5.41, 5.74) is 4.09. The molecule has 0 fully saturated rings. The molecule has 0 aliphatic carbocycles. The molecule has 0 aromatic heterocycles. The molecule has 3 aromatic rings. The smallest absolute Gasteiger partial charge is 0.194 e. The first-order valence-corrected chi connectivity index (χ1v) is 11.1. The number of para-hydroxylation sites is 1. The normalized spacial score (nSPS) is 11.3. The zero-order chi connectivity index (χ0) is 20.7. The summed E-state index contributed by atoms with van der Waals surface area (Å²) < 4.78 is 6.30. The van der Waals surface area contributed by atoms with Gasteiger partial charge in [-0.2, -0.15) is 0 Å². The Hall–Kier alpha value is -2.52. The van der Waals surface area contributed by atoms with Crippen molar-refractivity contribution in [3.63, 3.8) is 0 Å². The number of hydrogen-bond donors (Lipinski definition) is 0. The molecule has 0 atom stereocenters. The highest BCUT2D eigenvalue weighted by Gasteiger charge is 2.25. The molecule has 0 saturated heterocycles. The fourth-order valence-corrected chi connectivity index (χ4v) is 3.89. The van der Waals surface area contributed by atoms with E-state index in [2.05, 4.69) is 49.4 Å². The minimum Gasteiger partial charge on any atom is -0.491 e. The molecule has 0 unspecified atom stereocenters. The van der Waals surface area contributed by atoms with Crippen LogP contribution in [0.5, 0.6) is 5.75 Å². The van der Waals surface area contributed by atoms with E-state index in [9.17, 15) is 4.79 Å². The molecule has 29 heavy (non-hydrogen) atoms. The Balaban J connectivity index is 1.84. The molecule has 0 bridgehead atoms. The lowest BCUT2D eigenvalue weighted by molar-refractivity contribution is -0.118. The van der Waals surface area contributed by atoms with Crippen molar-refractivity contribution in [1.29, 1.82) is 0 Å². The largest absolute Gasteiger partial charge is 0.491 e. The summed E-state index contributed by atoms with van der Waals surface area (Å²) in [6.07, 6.45) is 0.842. The van der Waals surface area contributed by atoms with E-state index < -0.39 is 0 Å². The molecule has 0 saturated carbocycles. The van der Waals surface area contributed by atoms with Crippen molar-refractivity contribution < 1.29 is 9.53 Å². The van der Waals surface area contributed by atoms with Crippen LogP contribution >= 0.6 is 11.8 Å². The molecule has 0 heterocycles. The quantitative estimate of drug-likeness (QED) is 0.375. The van der Waals surface area contributed by atoms with Gasteiger partial charge in [-0.1, -0.05) is 111 Å². The van der Waals surface area contributed by atoms with E-state index >= 15 is 0 Å². The lowest BCUT2D eigenvalue weighted by Crippen LogP contribution is -2.21. The third kappa shape index (κ3) is 5.30. The summed E-state index contributed by atoms with van der Waals surface area (Å²) in [6, 6.07) is 26.8. The van der Waals surface area contributed by atoms with Gasteiger partial charge in [0.1, 0.15) is 5.75 Å². The van der Waals surface area contributed by atoms with Crippen molar-refractivity contribution in [2.75, 3.05) is 12.4 Å². The van der Waals surface area contributed by atoms with Crippen molar-refractivity contribution in [3.8, 4) is 28.0 Å². The number of benzene rings is 3. The molecule has 150 valence electrons. The molecule has 0 amide bonds. The van der Waals surface area contributed by atoms with Crippen LogP contribution in [0, 0.1) is 5.41 Å². The number of hydrogen-bond acceptors (Lipinski definition) is 3. The Bertz CT molecular complexity index is 876. The van der Waals surface area contributed by atoms with Crippen LogP contribution in [0.1, 0.15) is 27.2 Å². The Morgan fingerprint density at radius 2 is 1.34 bits per heavy atom. The summed E-state index contributed by atoms with van der Waals surface area (Å²) in [6.45, 7) is 6.54. The third-order valence-electron chi connectivity index (χ3n) is 5.18. The van der Waals surface area contributed by atoms with Gasteiger partial charge in [-0.15, -0.1) is 0 Å². The third-order valence-corrected chi connectivity index (χ3v) is 6.37. The fraction of sp³-hybridized carbons (Fsp3) is 0.269. The van der Waals surface area contributed by atoms with E-state index in [-0.39, 0.29) is 10.5 Å². The van der Waals surface area contributed by atoms with Gasteiger partial charge in [0.2, 0.25) is 0 Å². The first kappa shape index (κ1) is 21.2. The van der Waals surface area contributed by atoms with E-state index in [1.165, 1.54) is 11.8 Å². The van der Waals surface area contributed by atoms with Crippen LogP contribution in [-0.2, 0) is 4.79 Å². The number of rotatable bonds is 8. The lowest BCUT2D eigenvalue weighted by atomic mass is 9.92. The zero-order valence-corrected chi connectivity index (χ0v) is 18.2. The summed E-state index contributed by atoms with van der Waals surface area (Å²) in [4.78, 5) is 12.4.